The summed E-state index contributed by atoms with van der Waals surface area (Å²) in [5.41, 5.74) is 4.93. The van der Waals surface area contributed by atoms with Gasteiger partial charge in [-0.3, -0.25) is 30.0 Å². The molecule has 0 saturated heterocycles. The minimum atomic E-state index is -3.82. The predicted octanol–water partition coefficient (Wildman–Crippen LogP) is 1.42. The molecule has 0 spiro atoms. The van der Waals surface area contributed by atoms with Crippen LogP contribution in [0.2, 0.25) is 0 Å². The number of carbonyl (C=O) groups is 3. The molecule has 2 atom stereocenters. The number of hydrogen-bond acceptors (Lipinski definition) is 6. The summed E-state index contributed by atoms with van der Waals surface area (Å²) in [5.74, 6) is -0.471. The molecule has 33 heavy (non-hydrogen) atoms. The van der Waals surface area contributed by atoms with E-state index >= 15 is 0 Å². The molecule has 2 unspecified atom stereocenters. The molecule has 1 saturated carbocycles. The third-order valence-electron chi connectivity index (χ3n) is 5.03. The average molecular weight is 475 g/mol. The first kappa shape index (κ1) is 24.1. The third kappa shape index (κ3) is 6.69. The molecule has 3 amide bonds. The highest BCUT2D eigenvalue weighted by molar-refractivity contribution is 7.92. The first-order chi connectivity index (χ1) is 15.7. The number of benzene rings is 2. The Kier molecular flexibility index (Phi) is 7.54. The maximum Gasteiger partial charge on any atom is 0.269 e. The molecule has 0 aliphatic heterocycles. The van der Waals surface area contributed by atoms with Crippen LogP contribution in [0.4, 0.5) is 5.69 Å². The fourth-order valence-corrected chi connectivity index (χ4v) is 4.07. The van der Waals surface area contributed by atoms with E-state index in [1.807, 2.05) is 13.8 Å². The van der Waals surface area contributed by atoms with Crippen molar-refractivity contribution in [3.63, 3.8) is 0 Å². The van der Waals surface area contributed by atoms with E-state index in [0.29, 0.717) is 18.3 Å². The molecule has 176 valence electrons. The Morgan fingerprint density at radius 1 is 1.00 bits per heavy atom. The van der Waals surface area contributed by atoms with E-state index in [4.69, 9.17) is 4.74 Å². The van der Waals surface area contributed by atoms with Gasteiger partial charge in [-0.1, -0.05) is 6.92 Å². The normalized spacial score (nSPS) is 16.9. The van der Waals surface area contributed by atoms with Gasteiger partial charge in [-0.2, -0.15) is 0 Å². The van der Waals surface area contributed by atoms with E-state index in [9.17, 15) is 22.8 Å². The number of hydrogen-bond donors (Lipinski definition) is 4. The van der Waals surface area contributed by atoms with Gasteiger partial charge in [-0.05, 0) is 67.8 Å². The van der Waals surface area contributed by atoms with Gasteiger partial charge in [0.15, 0.2) is 0 Å². The van der Waals surface area contributed by atoms with Crippen LogP contribution in [0.15, 0.2) is 53.4 Å². The van der Waals surface area contributed by atoms with Crippen molar-refractivity contribution >= 4 is 33.4 Å². The van der Waals surface area contributed by atoms with Gasteiger partial charge in [0, 0.05) is 17.2 Å². The Bertz CT molecular complexity index is 1120. The fraction of sp³-hybridized carbons (Fsp3) is 0.318. The molecule has 0 radical (unpaired) electrons. The molecule has 3 rings (SSSR count). The quantitative estimate of drug-likeness (QED) is 0.405. The number of ether oxygens (including phenoxy) is 1. The zero-order valence-corrected chi connectivity index (χ0v) is 19.1. The van der Waals surface area contributed by atoms with Gasteiger partial charge in [0.2, 0.25) is 5.91 Å². The average Bonchev–Trinajstić information content (AvgIpc) is 3.53. The topological polar surface area (TPSA) is 143 Å². The lowest BCUT2D eigenvalue weighted by Crippen LogP contribution is -2.46. The molecule has 4 N–H and O–H groups in total. The van der Waals surface area contributed by atoms with E-state index in [0.717, 1.165) is 6.42 Å². The van der Waals surface area contributed by atoms with Crippen molar-refractivity contribution in [2.75, 3.05) is 17.9 Å². The molecule has 0 bridgehead atoms. The second-order valence-corrected chi connectivity index (χ2v) is 9.31. The van der Waals surface area contributed by atoms with Crippen molar-refractivity contribution in [2.24, 2.45) is 11.8 Å². The van der Waals surface area contributed by atoms with Gasteiger partial charge >= 0.3 is 0 Å². The van der Waals surface area contributed by atoms with Crippen LogP contribution in [0, 0.1) is 11.8 Å². The number of anilines is 1. The maximum atomic E-state index is 12.5. The summed E-state index contributed by atoms with van der Waals surface area (Å²) in [6.45, 7) is 4.03. The van der Waals surface area contributed by atoms with E-state index in [1.165, 1.54) is 36.4 Å². The SMILES string of the molecule is CCOc1ccc(S(=O)(=O)Nc2ccc(C(=O)NNC(=O)CNC(=O)C3CC3C)cc2)cc1. The zero-order chi connectivity index (χ0) is 24.0. The summed E-state index contributed by atoms with van der Waals surface area (Å²) in [6.07, 6.45) is 0.816. The summed E-state index contributed by atoms with van der Waals surface area (Å²) >= 11 is 0. The minimum Gasteiger partial charge on any atom is -0.494 e. The van der Waals surface area contributed by atoms with Crippen LogP contribution < -0.4 is 25.6 Å². The van der Waals surface area contributed by atoms with Crippen molar-refractivity contribution in [2.45, 2.75) is 25.2 Å². The highest BCUT2D eigenvalue weighted by atomic mass is 32.2. The summed E-state index contributed by atoms with van der Waals surface area (Å²) < 4.78 is 32.8. The van der Waals surface area contributed by atoms with Gasteiger partial charge in [-0.15, -0.1) is 0 Å². The highest BCUT2D eigenvalue weighted by Crippen LogP contribution is 2.37. The number of rotatable bonds is 9. The molecule has 0 aromatic heterocycles. The number of hydrazine groups is 1. The largest absolute Gasteiger partial charge is 0.494 e. The summed E-state index contributed by atoms with van der Waals surface area (Å²) in [7, 11) is -3.82. The van der Waals surface area contributed by atoms with Crippen molar-refractivity contribution in [1.29, 1.82) is 0 Å². The Balaban J connectivity index is 1.49. The Labute approximate surface area is 192 Å². The summed E-state index contributed by atoms with van der Waals surface area (Å²) in [6, 6.07) is 11.7. The van der Waals surface area contributed by atoms with E-state index in [1.54, 1.807) is 12.1 Å². The smallest absolute Gasteiger partial charge is 0.269 e. The fourth-order valence-electron chi connectivity index (χ4n) is 3.01. The molecule has 1 aliphatic carbocycles. The number of sulfonamides is 1. The van der Waals surface area contributed by atoms with Crippen LogP contribution >= 0.6 is 0 Å². The van der Waals surface area contributed by atoms with Crippen molar-refractivity contribution in [3.05, 3.63) is 54.1 Å². The van der Waals surface area contributed by atoms with Gasteiger partial charge in [-0.25, -0.2) is 8.42 Å². The van der Waals surface area contributed by atoms with Crippen LogP contribution in [0.5, 0.6) is 5.75 Å². The van der Waals surface area contributed by atoms with Gasteiger partial charge in [0.05, 0.1) is 18.0 Å². The third-order valence-corrected chi connectivity index (χ3v) is 6.43. The molecule has 10 nitrogen and oxygen atoms in total. The Hall–Kier alpha value is -3.60. The second-order valence-electron chi connectivity index (χ2n) is 7.63. The summed E-state index contributed by atoms with van der Waals surface area (Å²) in [5, 5.41) is 2.52. The first-order valence-electron chi connectivity index (χ1n) is 10.4. The van der Waals surface area contributed by atoms with E-state index in [2.05, 4.69) is 20.9 Å². The monoisotopic (exact) mass is 474 g/mol. The van der Waals surface area contributed by atoms with Crippen LogP contribution in [-0.4, -0.2) is 39.3 Å². The second kappa shape index (κ2) is 10.3. The van der Waals surface area contributed by atoms with Crippen LogP contribution in [0.1, 0.15) is 30.6 Å². The minimum absolute atomic E-state index is 0.0437. The number of carbonyl (C=O) groups excluding carboxylic acids is 3. The highest BCUT2D eigenvalue weighted by Gasteiger charge is 2.38. The van der Waals surface area contributed by atoms with E-state index < -0.39 is 21.8 Å². The van der Waals surface area contributed by atoms with E-state index in [-0.39, 0.29) is 34.5 Å². The predicted molar refractivity (Wildman–Crippen MR) is 121 cm³/mol. The first-order valence-corrected chi connectivity index (χ1v) is 11.9. The molecular weight excluding hydrogens is 448 g/mol. The van der Waals surface area contributed by atoms with Crippen LogP contribution in [0.25, 0.3) is 0 Å². The van der Waals surface area contributed by atoms with Crippen LogP contribution in [0.3, 0.4) is 0 Å². The Morgan fingerprint density at radius 2 is 1.64 bits per heavy atom. The molecule has 2 aromatic carbocycles. The van der Waals surface area contributed by atoms with Crippen molar-refractivity contribution in [3.8, 4) is 5.75 Å². The van der Waals surface area contributed by atoms with Crippen LogP contribution in [-0.2, 0) is 19.6 Å². The van der Waals surface area contributed by atoms with Gasteiger partial charge in [0.1, 0.15) is 5.75 Å². The number of nitrogens with one attached hydrogen (secondary N) is 4. The van der Waals surface area contributed by atoms with Gasteiger partial charge in [0.25, 0.3) is 21.8 Å². The maximum absolute atomic E-state index is 12.5. The van der Waals surface area contributed by atoms with Gasteiger partial charge < -0.3 is 10.1 Å². The zero-order valence-electron chi connectivity index (χ0n) is 18.3. The lowest BCUT2D eigenvalue weighted by atomic mass is 10.2. The molecule has 2 aromatic rings. The molecule has 0 heterocycles. The lowest BCUT2D eigenvalue weighted by Gasteiger charge is -2.11. The van der Waals surface area contributed by atoms with Crippen molar-refractivity contribution in [1.82, 2.24) is 16.2 Å². The standard InChI is InChI=1S/C22H26N4O6S/c1-3-32-17-8-10-18(11-9-17)33(30,31)26-16-6-4-15(5-7-16)21(28)25-24-20(27)13-23-22(29)19-12-14(19)2/h4-11,14,19,26H,3,12-13H2,1-2H3,(H,23,29)(H,24,27)(H,25,28). The molecular formula is C22H26N4O6S. The molecule has 11 heteroatoms. The number of amides is 3. The van der Waals surface area contributed by atoms with Crippen molar-refractivity contribution < 1.29 is 27.5 Å². The lowest BCUT2D eigenvalue weighted by molar-refractivity contribution is -0.127. The molecule has 1 fully saturated rings. The summed E-state index contributed by atoms with van der Waals surface area (Å²) in [4.78, 5) is 35.8. The Morgan fingerprint density at radius 3 is 2.21 bits per heavy atom. The molecule has 1 aliphatic rings.